The van der Waals surface area contributed by atoms with E-state index in [9.17, 15) is 40.4 Å². The molecule has 0 amide bonds. The van der Waals surface area contributed by atoms with Crippen molar-refractivity contribution in [2.45, 2.75) is 12.4 Å². The molecule has 0 aromatic heterocycles. The second-order valence-electron chi connectivity index (χ2n) is 11.0. The van der Waals surface area contributed by atoms with E-state index in [0.29, 0.717) is 66.3 Å². The molecule has 0 saturated carbocycles. The summed E-state index contributed by atoms with van der Waals surface area (Å²) in [7, 11) is 0. The Morgan fingerprint density at radius 2 is 0.917 bits per heavy atom. The van der Waals surface area contributed by atoms with Crippen LogP contribution in [0.4, 0.5) is 35.1 Å². The third kappa shape index (κ3) is 4.81. The average molecular weight is 655 g/mol. The van der Waals surface area contributed by atoms with Gasteiger partial charge in [0, 0.05) is 21.5 Å². The number of halogens is 8. The standard InChI is InChI=1S/C36H14F8N4/c1-46-48-34-26-11-18(20-5-9-30(32(38)13-20)36(42,43)44)3-7-22(26)24-14-27-23(15-28(24)34)21-6-2-17(10-25(21)33(27)47-16-45)19-4-8-29(31(37)12-19)35(39,40)41/h2-15H/b47-33?,48-34+. The molecule has 0 aliphatic rings. The minimum Gasteiger partial charge on any atom is -0.206 e. The van der Waals surface area contributed by atoms with Gasteiger partial charge in [-0.2, -0.15) is 43.2 Å². The Balaban J connectivity index is 1.45. The lowest BCUT2D eigenvalue weighted by Crippen LogP contribution is -2.07. The first-order valence-corrected chi connectivity index (χ1v) is 13.9. The first kappa shape index (κ1) is 30.5. The highest BCUT2D eigenvalue weighted by molar-refractivity contribution is 6.21. The zero-order valence-electron chi connectivity index (χ0n) is 23.9. The maximum atomic E-state index is 14.4. The molecule has 4 nitrogen and oxygen atoms in total. The van der Waals surface area contributed by atoms with Crippen LogP contribution in [0.3, 0.4) is 0 Å². The molecule has 234 valence electrons. The fourth-order valence-electron chi connectivity index (χ4n) is 6.21. The Hall–Kier alpha value is -6.14. The largest absolute Gasteiger partial charge is 0.419 e. The summed E-state index contributed by atoms with van der Waals surface area (Å²) in [5.74, 6) is -2.85. The van der Waals surface area contributed by atoms with E-state index in [-0.39, 0.29) is 21.8 Å². The molecule has 0 heterocycles. The van der Waals surface area contributed by atoms with Crippen molar-refractivity contribution < 1.29 is 35.1 Å². The quantitative estimate of drug-likeness (QED) is 0.0793. The van der Waals surface area contributed by atoms with Gasteiger partial charge in [-0.15, -0.1) is 4.95 Å². The van der Waals surface area contributed by atoms with Crippen LogP contribution in [-0.2, 0) is 12.4 Å². The smallest absolute Gasteiger partial charge is 0.206 e. The Kier molecular flexibility index (Phi) is 6.81. The molecule has 12 heteroatoms. The monoisotopic (exact) mass is 654 g/mol. The highest BCUT2D eigenvalue weighted by Crippen LogP contribution is 2.38. The Labute approximate surface area is 264 Å². The Bertz CT molecular complexity index is 2510. The summed E-state index contributed by atoms with van der Waals surface area (Å²) < 4.78 is 108. The van der Waals surface area contributed by atoms with Gasteiger partial charge < -0.3 is 0 Å². The number of benzene rings is 5. The lowest BCUT2D eigenvalue weighted by Gasteiger charge is -2.09. The number of rotatable bonds is 2. The van der Waals surface area contributed by atoms with Crippen molar-refractivity contribution >= 4 is 43.1 Å². The minimum atomic E-state index is -4.86. The van der Waals surface area contributed by atoms with Crippen molar-refractivity contribution in [3.63, 3.8) is 0 Å². The zero-order valence-corrected chi connectivity index (χ0v) is 23.9. The van der Waals surface area contributed by atoms with Crippen LogP contribution in [0.2, 0.25) is 0 Å². The minimum absolute atomic E-state index is 0.183. The Morgan fingerprint density at radius 1 is 0.521 bits per heavy atom. The summed E-state index contributed by atoms with van der Waals surface area (Å²) in [5.41, 5.74) is -1.63. The summed E-state index contributed by atoms with van der Waals surface area (Å²) >= 11 is 0. The molecule has 0 radical (unpaired) electrons. The Morgan fingerprint density at radius 3 is 1.33 bits per heavy atom. The molecule has 7 aromatic rings. The molecule has 0 aliphatic heterocycles. The highest BCUT2D eigenvalue weighted by Gasteiger charge is 2.35. The molecular formula is C36H14F8N4. The van der Waals surface area contributed by atoms with Crippen molar-refractivity contribution in [3.8, 4) is 28.4 Å². The van der Waals surface area contributed by atoms with Crippen LogP contribution in [-0.4, -0.2) is 0 Å². The van der Waals surface area contributed by atoms with Gasteiger partial charge in [-0.1, -0.05) is 36.4 Å². The third-order valence-electron chi connectivity index (χ3n) is 8.33. The van der Waals surface area contributed by atoms with Crippen LogP contribution in [0.25, 0.3) is 70.3 Å². The van der Waals surface area contributed by atoms with E-state index >= 15 is 0 Å². The van der Waals surface area contributed by atoms with Crippen molar-refractivity contribution in [1.82, 2.24) is 0 Å². The molecule has 0 saturated heterocycles. The first-order valence-electron chi connectivity index (χ1n) is 13.9. The van der Waals surface area contributed by atoms with Crippen molar-refractivity contribution in [2.24, 2.45) is 10.1 Å². The summed E-state index contributed by atoms with van der Waals surface area (Å²) in [6.07, 6.45) is -7.93. The molecule has 0 N–H and O–H groups in total. The van der Waals surface area contributed by atoms with Crippen LogP contribution in [0.1, 0.15) is 11.1 Å². The predicted octanol–water partition coefficient (Wildman–Crippen LogP) is 9.94. The first-order chi connectivity index (χ1) is 22.8. The van der Waals surface area contributed by atoms with Gasteiger partial charge in [-0.25, -0.2) is 8.78 Å². The SMILES string of the molecule is [C-]#[N+]/N=c1\c2cc(-c3ccc(C(F)(F)F)c(F)c3)ccc2c2cc3c(=NC#N)c4cc(-c5ccc(C(F)(F)F)c(F)c5)ccc4c3cc12. The number of nitriles is 1. The lowest BCUT2D eigenvalue weighted by atomic mass is 10.0. The number of alkyl halides is 6. The normalized spacial score (nSPS) is 13.2. The summed E-state index contributed by atoms with van der Waals surface area (Å²) in [6.45, 7) is 7.44. The van der Waals surface area contributed by atoms with Crippen LogP contribution in [0.5, 0.6) is 0 Å². The highest BCUT2D eigenvalue weighted by atomic mass is 19.4. The van der Waals surface area contributed by atoms with Gasteiger partial charge in [0.2, 0.25) is 6.19 Å². The number of hydrogen-bond acceptors (Lipinski definition) is 3. The average Bonchev–Trinajstić information content (AvgIpc) is 3.49. The van der Waals surface area contributed by atoms with Crippen LogP contribution < -0.4 is 10.7 Å². The summed E-state index contributed by atoms with van der Waals surface area (Å²) in [6, 6.07) is 18.5. The van der Waals surface area contributed by atoms with Gasteiger partial charge >= 0.3 is 12.4 Å². The molecule has 7 rings (SSSR count). The predicted molar refractivity (Wildman–Crippen MR) is 163 cm³/mol. The maximum absolute atomic E-state index is 14.4. The topological polar surface area (TPSA) is 52.9 Å². The second-order valence-corrected chi connectivity index (χ2v) is 11.0. The molecule has 0 unspecified atom stereocenters. The lowest BCUT2D eigenvalue weighted by molar-refractivity contribution is -0.140. The van der Waals surface area contributed by atoms with E-state index in [2.05, 4.69) is 15.0 Å². The van der Waals surface area contributed by atoms with E-state index < -0.39 is 35.1 Å². The third-order valence-corrected chi connectivity index (χ3v) is 8.33. The fourth-order valence-corrected chi connectivity index (χ4v) is 6.21. The zero-order chi connectivity index (χ0) is 34.1. The molecule has 0 bridgehead atoms. The molecule has 48 heavy (non-hydrogen) atoms. The molecular weight excluding hydrogens is 640 g/mol. The van der Waals surface area contributed by atoms with Gasteiger partial charge in [0.15, 0.2) is 5.36 Å². The molecule has 0 spiro atoms. The van der Waals surface area contributed by atoms with E-state index in [1.807, 2.05) is 0 Å². The number of nitrogens with zero attached hydrogens (tertiary/aromatic N) is 4. The van der Waals surface area contributed by atoms with E-state index in [0.717, 1.165) is 24.3 Å². The van der Waals surface area contributed by atoms with Crippen molar-refractivity contribution in [1.29, 1.82) is 5.26 Å². The van der Waals surface area contributed by atoms with E-state index in [4.69, 9.17) is 6.57 Å². The number of fused-ring (bicyclic) bond motifs is 6. The van der Waals surface area contributed by atoms with E-state index in [1.165, 1.54) is 0 Å². The molecule has 7 aromatic carbocycles. The molecule has 0 atom stereocenters. The number of hydrogen-bond donors (Lipinski definition) is 0. The summed E-state index contributed by atoms with van der Waals surface area (Å²) in [4.78, 5) is 7.24. The second kappa shape index (κ2) is 10.7. The van der Waals surface area contributed by atoms with Gasteiger partial charge in [0.1, 0.15) is 11.6 Å². The van der Waals surface area contributed by atoms with Crippen LogP contribution >= 0.6 is 0 Å². The van der Waals surface area contributed by atoms with Gasteiger partial charge in [-0.3, -0.25) is 0 Å². The van der Waals surface area contributed by atoms with Gasteiger partial charge in [-0.05, 0) is 92.3 Å². The van der Waals surface area contributed by atoms with E-state index in [1.54, 1.807) is 54.7 Å². The molecule has 0 fully saturated rings. The fraction of sp³-hybridized carbons (Fsp3) is 0.0556. The van der Waals surface area contributed by atoms with Crippen LogP contribution in [0, 0.1) is 29.7 Å². The molecule has 0 aliphatic carbocycles. The van der Waals surface area contributed by atoms with Gasteiger partial charge in [0.05, 0.1) is 21.6 Å². The van der Waals surface area contributed by atoms with Crippen molar-refractivity contribution in [2.75, 3.05) is 0 Å². The van der Waals surface area contributed by atoms with Crippen molar-refractivity contribution in [3.05, 3.63) is 130 Å². The summed E-state index contributed by atoms with van der Waals surface area (Å²) in [5, 5.41) is 18.7. The maximum Gasteiger partial charge on any atom is 0.419 e. The van der Waals surface area contributed by atoms with Crippen LogP contribution in [0.15, 0.2) is 95.0 Å². The van der Waals surface area contributed by atoms with Gasteiger partial charge in [0.25, 0.3) is 0 Å².